The van der Waals surface area contributed by atoms with Gasteiger partial charge in [-0.25, -0.2) is 9.78 Å². The van der Waals surface area contributed by atoms with Crippen LogP contribution in [0, 0.1) is 0 Å². The highest BCUT2D eigenvalue weighted by molar-refractivity contribution is 5.57. The van der Waals surface area contributed by atoms with Crippen LogP contribution in [-0.4, -0.2) is 19.4 Å². The van der Waals surface area contributed by atoms with E-state index in [2.05, 4.69) is 43.5 Å². The van der Waals surface area contributed by atoms with Crippen LogP contribution < -0.4 is 0 Å². The van der Waals surface area contributed by atoms with Gasteiger partial charge in [0.15, 0.2) is 0 Å². The van der Waals surface area contributed by atoms with E-state index in [1.54, 1.807) is 0 Å². The molecule has 20 heavy (non-hydrogen) atoms. The maximum atomic E-state index is 10.9. The molecular formula is C13H26O7. The van der Waals surface area contributed by atoms with Crippen LogP contribution in [0.15, 0.2) is 0 Å². The van der Waals surface area contributed by atoms with Crippen molar-refractivity contribution in [2.24, 2.45) is 0 Å². The van der Waals surface area contributed by atoms with Crippen LogP contribution in [0.5, 0.6) is 0 Å². The van der Waals surface area contributed by atoms with Crippen LogP contribution in [0.4, 0.5) is 4.79 Å². The third-order valence-electron chi connectivity index (χ3n) is 2.46. The molecule has 0 atom stereocenters. The number of carbonyl (C=O) groups excluding carboxylic acids is 1. The van der Waals surface area contributed by atoms with Gasteiger partial charge >= 0.3 is 6.16 Å². The number of unbranched alkanes of at least 4 members (excludes halogenated alkanes) is 6. The summed E-state index contributed by atoms with van der Waals surface area (Å²) in [6.45, 7) is 4.93. The molecule has 0 heterocycles. The Bertz CT molecular complexity index is 191. The minimum atomic E-state index is -1.19. The van der Waals surface area contributed by atoms with Crippen molar-refractivity contribution in [3.8, 4) is 0 Å². The van der Waals surface area contributed by atoms with Gasteiger partial charge in [-0.1, -0.05) is 52.4 Å². The smallest absolute Gasteiger partial charge is 0.226 e. The van der Waals surface area contributed by atoms with Crippen LogP contribution >= 0.6 is 0 Å². The summed E-state index contributed by atoms with van der Waals surface area (Å²) < 4.78 is 0. The molecule has 0 aliphatic carbocycles. The Kier molecular flexibility index (Phi) is 15.4. The van der Waals surface area contributed by atoms with Crippen LogP contribution in [-0.2, 0) is 29.6 Å². The van der Waals surface area contributed by atoms with Gasteiger partial charge in [0.1, 0.15) is 0 Å². The van der Waals surface area contributed by atoms with Crippen LogP contribution in [0.3, 0.4) is 0 Å². The lowest BCUT2D eigenvalue weighted by atomic mass is 10.2. The summed E-state index contributed by atoms with van der Waals surface area (Å²) in [5.41, 5.74) is 0. The zero-order valence-electron chi connectivity index (χ0n) is 12.4. The van der Waals surface area contributed by atoms with Gasteiger partial charge in [-0.15, -0.1) is 0 Å². The minimum Gasteiger partial charge on any atom is -0.226 e. The molecule has 0 aliphatic rings. The SMILES string of the molecule is CCCCCCOOOC(=O)OOOCCCCCC. The molecule has 0 bridgehead atoms. The van der Waals surface area contributed by atoms with Gasteiger partial charge in [0.25, 0.3) is 0 Å². The fraction of sp³-hybridized carbons (Fsp3) is 0.923. The molecular weight excluding hydrogens is 268 g/mol. The molecule has 7 heteroatoms. The standard InChI is InChI=1S/C13H26O7/c1-3-5-7-9-11-15-19-17-13(14)18-20-16-12-10-8-6-4-2/h3-12H2,1-2H3. The predicted molar refractivity (Wildman–Crippen MR) is 69.9 cm³/mol. The van der Waals surface area contributed by atoms with Crippen molar-refractivity contribution in [2.75, 3.05) is 13.2 Å². The minimum absolute atomic E-state index is 0.349. The van der Waals surface area contributed by atoms with Crippen molar-refractivity contribution in [2.45, 2.75) is 65.2 Å². The molecule has 0 unspecified atom stereocenters. The van der Waals surface area contributed by atoms with E-state index >= 15 is 0 Å². The van der Waals surface area contributed by atoms with E-state index in [1.807, 2.05) is 0 Å². The third kappa shape index (κ3) is 15.2. The van der Waals surface area contributed by atoms with Crippen LogP contribution in [0.2, 0.25) is 0 Å². The third-order valence-corrected chi connectivity index (χ3v) is 2.46. The normalized spacial score (nSPS) is 10.5. The molecule has 0 rings (SSSR count). The van der Waals surface area contributed by atoms with E-state index in [4.69, 9.17) is 0 Å². The average molecular weight is 294 g/mol. The van der Waals surface area contributed by atoms with Crippen molar-refractivity contribution in [1.82, 2.24) is 0 Å². The van der Waals surface area contributed by atoms with E-state index in [-0.39, 0.29) is 0 Å². The van der Waals surface area contributed by atoms with Gasteiger partial charge in [-0.3, -0.25) is 0 Å². The second-order valence-electron chi connectivity index (χ2n) is 4.32. The lowest BCUT2D eigenvalue weighted by Gasteiger charge is -2.03. The van der Waals surface area contributed by atoms with Crippen molar-refractivity contribution in [3.63, 3.8) is 0 Å². The van der Waals surface area contributed by atoms with E-state index in [0.717, 1.165) is 51.4 Å². The van der Waals surface area contributed by atoms with Crippen molar-refractivity contribution < 1.29 is 34.4 Å². The zero-order chi connectivity index (χ0) is 14.9. The number of rotatable bonds is 14. The van der Waals surface area contributed by atoms with Gasteiger partial charge in [-0.05, 0) is 22.9 Å². The molecule has 0 fully saturated rings. The van der Waals surface area contributed by atoms with Gasteiger partial charge in [0, 0.05) is 0 Å². The highest BCUT2D eigenvalue weighted by Crippen LogP contribution is 2.01. The molecule has 7 nitrogen and oxygen atoms in total. The molecule has 0 aromatic carbocycles. The molecule has 0 aromatic heterocycles. The Hall–Kier alpha value is -0.890. The highest BCUT2D eigenvalue weighted by Gasteiger charge is 2.07. The number of hydrogen-bond acceptors (Lipinski definition) is 7. The maximum Gasteiger partial charge on any atom is 0.577 e. The fourth-order valence-electron chi connectivity index (χ4n) is 1.36. The summed E-state index contributed by atoms with van der Waals surface area (Å²) in [4.78, 5) is 28.3. The summed E-state index contributed by atoms with van der Waals surface area (Å²) in [7, 11) is 0. The van der Waals surface area contributed by atoms with Gasteiger partial charge in [-0.2, -0.15) is 14.6 Å². The zero-order valence-corrected chi connectivity index (χ0v) is 12.4. The summed E-state index contributed by atoms with van der Waals surface area (Å²) in [6, 6.07) is 0. The fourth-order valence-corrected chi connectivity index (χ4v) is 1.36. The first-order chi connectivity index (χ1) is 9.81. The quantitative estimate of drug-likeness (QED) is 0.272. The monoisotopic (exact) mass is 294 g/mol. The Morgan fingerprint density at radius 2 is 1.15 bits per heavy atom. The maximum absolute atomic E-state index is 10.9. The Labute approximate surface area is 120 Å². The average Bonchev–Trinajstić information content (AvgIpc) is 2.45. The van der Waals surface area contributed by atoms with Crippen molar-refractivity contribution in [3.05, 3.63) is 0 Å². The molecule has 0 N–H and O–H groups in total. The molecule has 0 aromatic rings. The van der Waals surface area contributed by atoms with Gasteiger partial charge in [0.05, 0.1) is 13.2 Å². The molecule has 0 spiro atoms. The molecule has 0 saturated carbocycles. The van der Waals surface area contributed by atoms with Crippen LogP contribution in [0.1, 0.15) is 65.2 Å². The first kappa shape index (κ1) is 19.1. The number of carbonyl (C=O) groups is 1. The molecule has 0 aliphatic heterocycles. The largest absolute Gasteiger partial charge is 0.577 e. The van der Waals surface area contributed by atoms with Crippen LogP contribution in [0.25, 0.3) is 0 Å². The van der Waals surface area contributed by atoms with Crippen molar-refractivity contribution >= 4 is 6.16 Å². The van der Waals surface area contributed by atoms with Crippen molar-refractivity contribution in [1.29, 1.82) is 0 Å². The van der Waals surface area contributed by atoms with E-state index in [0.29, 0.717) is 13.2 Å². The Morgan fingerprint density at radius 1 is 0.700 bits per heavy atom. The van der Waals surface area contributed by atoms with Gasteiger partial charge in [0.2, 0.25) is 0 Å². The summed E-state index contributed by atoms with van der Waals surface area (Å²) >= 11 is 0. The van der Waals surface area contributed by atoms with E-state index in [9.17, 15) is 4.79 Å². The molecule has 0 saturated heterocycles. The molecule has 120 valence electrons. The second kappa shape index (κ2) is 16.2. The second-order valence-corrected chi connectivity index (χ2v) is 4.32. The Balaban J connectivity index is 3.13. The lowest BCUT2D eigenvalue weighted by Crippen LogP contribution is -2.10. The Morgan fingerprint density at radius 3 is 1.55 bits per heavy atom. The first-order valence-corrected chi connectivity index (χ1v) is 7.27. The molecule has 0 amide bonds. The molecule has 0 radical (unpaired) electrons. The lowest BCUT2D eigenvalue weighted by molar-refractivity contribution is -0.527. The van der Waals surface area contributed by atoms with E-state index < -0.39 is 6.16 Å². The predicted octanol–water partition coefficient (Wildman–Crippen LogP) is 4.03. The highest BCUT2D eigenvalue weighted by atomic mass is 17.6. The summed E-state index contributed by atoms with van der Waals surface area (Å²) in [6.07, 6.45) is 7.11. The topological polar surface area (TPSA) is 72.5 Å². The first-order valence-electron chi connectivity index (χ1n) is 7.27. The van der Waals surface area contributed by atoms with E-state index in [1.165, 1.54) is 0 Å². The summed E-state index contributed by atoms with van der Waals surface area (Å²) in [5, 5.41) is 8.35. The number of hydrogen-bond donors (Lipinski definition) is 0. The summed E-state index contributed by atoms with van der Waals surface area (Å²) in [5.74, 6) is 0. The van der Waals surface area contributed by atoms with Gasteiger partial charge < -0.3 is 0 Å².